The standard InChI is InChI=1S/C21H23N3O4S/c1-27-20-9-3-2-6-16(20)12-18-13-23-21(28-18)17-7-5-11-24(15-17)29(25,26)19-8-4-10-22-14-19/h2-4,6,8-10,13-14,17H,5,7,11-12,15H2,1H3. The van der Waals surface area contributed by atoms with Crippen molar-refractivity contribution in [2.45, 2.75) is 30.1 Å². The topological polar surface area (TPSA) is 85.5 Å². The zero-order chi connectivity index (χ0) is 20.3. The Morgan fingerprint density at radius 1 is 1.21 bits per heavy atom. The molecule has 7 nitrogen and oxygen atoms in total. The maximum absolute atomic E-state index is 12.9. The summed E-state index contributed by atoms with van der Waals surface area (Å²) in [6.07, 6.45) is 6.84. The largest absolute Gasteiger partial charge is 0.496 e. The van der Waals surface area contributed by atoms with E-state index in [1.54, 1.807) is 31.6 Å². The molecule has 2 aromatic heterocycles. The van der Waals surface area contributed by atoms with Crippen LogP contribution in [0.3, 0.4) is 0 Å². The van der Waals surface area contributed by atoms with E-state index in [0.29, 0.717) is 25.4 Å². The molecule has 1 aliphatic rings. The smallest absolute Gasteiger partial charge is 0.244 e. The number of rotatable bonds is 6. The second-order valence-corrected chi connectivity index (χ2v) is 8.98. The Balaban J connectivity index is 1.50. The van der Waals surface area contributed by atoms with Crippen LogP contribution in [0.1, 0.15) is 36.0 Å². The number of piperidine rings is 1. The highest BCUT2D eigenvalue weighted by Gasteiger charge is 2.33. The van der Waals surface area contributed by atoms with Crippen molar-refractivity contribution in [3.63, 3.8) is 0 Å². The first-order chi connectivity index (χ1) is 14.1. The number of hydrogen-bond donors (Lipinski definition) is 0. The lowest BCUT2D eigenvalue weighted by Gasteiger charge is -2.30. The highest BCUT2D eigenvalue weighted by Crippen LogP contribution is 2.31. The van der Waals surface area contributed by atoms with E-state index in [0.717, 1.165) is 29.9 Å². The van der Waals surface area contributed by atoms with E-state index in [9.17, 15) is 8.42 Å². The number of sulfonamides is 1. The Labute approximate surface area is 170 Å². The van der Waals surface area contributed by atoms with E-state index in [4.69, 9.17) is 9.15 Å². The fourth-order valence-electron chi connectivity index (χ4n) is 3.64. The lowest BCUT2D eigenvalue weighted by atomic mass is 10.00. The molecule has 4 rings (SSSR count). The van der Waals surface area contributed by atoms with Gasteiger partial charge < -0.3 is 9.15 Å². The van der Waals surface area contributed by atoms with Gasteiger partial charge in [0.15, 0.2) is 5.89 Å². The molecule has 1 aromatic carbocycles. The summed E-state index contributed by atoms with van der Waals surface area (Å²) >= 11 is 0. The summed E-state index contributed by atoms with van der Waals surface area (Å²) in [6.45, 7) is 0.842. The van der Waals surface area contributed by atoms with E-state index in [1.807, 2.05) is 24.3 Å². The molecule has 0 spiro atoms. The van der Waals surface area contributed by atoms with Gasteiger partial charge in [-0.1, -0.05) is 18.2 Å². The molecule has 0 aliphatic carbocycles. The first-order valence-electron chi connectivity index (χ1n) is 9.54. The van der Waals surface area contributed by atoms with Crippen LogP contribution in [0.2, 0.25) is 0 Å². The maximum atomic E-state index is 12.9. The molecule has 3 heterocycles. The Hall–Kier alpha value is -2.71. The third kappa shape index (κ3) is 4.18. The van der Waals surface area contributed by atoms with Gasteiger partial charge in [0.1, 0.15) is 16.4 Å². The van der Waals surface area contributed by atoms with Gasteiger partial charge in [0.25, 0.3) is 0 Å². The molecule has 0 saturated carbocycles. The SMILES string of the molecule is COc1ccccc1Cc1cnc(C2CCCN(S(=O)(=O)c3cccnc3)C2)o1. The van der Waals surface area contributed by atoms with Gasteiger partial charge in [-0.3, -0.25) is 4.98 Å². The predicted octanol–water partition coefficient (Wildman–Crippen LogP) is 3.24. The molecule has 0 N–H and O–H groups in total. The second-order valence-electron chi connectivity index (χ2n) is 7.04. The van der Waals surface area contributed by atoms with Gasteiger partial charge in [0.05, 0.1) is 13.3 Å². The molecular formula is C21H23N3O4S. The van der Waals surface area contributed by atoms with Crippen LogP contribution in [-0.4, -0.2) is 42.9 Å². The molecule has 0 radical (unpaired) electrons. The molecule has 1 atom stereocenters. The van der Waals surface area contributed by atoms with Crippen LogP contribution in [0, 0.1) is 0 Å². The second kappa shape index (κ2) is 8.34. The highest BCUT2D eigenvalue weighted by atomic mass is 32.2. The fourth-order valence-corrected chi connectivity index (χ4v) is 5.13. The Morgan fingerprint density at radius 3 is 2.86 bits per heavy atom. The molecule has 0 bridgehead atoms. The summed E-state index contributed by atoms with van der Waals surface area (Å²) in [5.41, 5.74) is 1.02. The van der Waals surface area contributed by atoms with Crippen LogP contribution >= 0.6 is 0 Å². The molecular weight excluding hydrogens is 390 g/mol. The van der Waals surface area contributed by atoms with E-state index in [1.165, 1.54) is 10.5 Å². The molecule has 8 heteroatoms. The normalized spacial score (nSPS) is 17.9. The van der Waals surface area contributed by atoms with E-state index in [-0.39, 0.29) is 10.8 Å². The quantitative estimate of drug-likeness (QED) is 0.617. The number of benzene rings is 1. The van der Waals surface area contributed by atoms with Crippen molar-refractivity contribution in [3.8, 4) is 5.75 Å². The van der Waals surface area contributed by atoms with Crippen molar-refractivity contribution in [3.05, 3.63) is 72.2 Å². The van der Waals surface area contributed by atoms with E-state index < -0.39 is 10.0 Å². The van der Waals surface area contributed by atoms with Gasteiger partial charge in [-0.05, 0) is 31.0 Å². The third-order valence-corrected chi connectivity index (χ3v) is 6.98. The van der Waals surface area contributed by atoms with Gasteiger partial charge >= 0.3 is 0 Å². The molecule has 29 heavy (non-hydrogen) atoms. The first kappa shape index (κ1) is 19.6. The van der Waals surface area contributed by atoms with E-state index in [2.05, 4.69) is 9.97 Å². The molecule has 1 unspecified atom stereocenters. The van der Waals surface area contributed by atoms with Crippen molar-refractivity contribution in [2.24, 2.45) is 0 Å². The summed E-state index contributed by atoms with van der Waals surface area (Å²) in [5.74, 6) is 2.05. The van der Waals surface area contributed by atoms with Crippen molar-refractivity contribution in [2.75, 3.05) is 20.2 Å². The summed E-state index contributed by atoms with van der Waals surface area (Å²) in [6, 6.07) is 11.0. The van der Waals surface area contributed by atoms with Crippen LogP contribution in [0.4, 0.5) is 0 Å². The zero-order valence-electron chi connectivity index (χ0n) is 16.2. The first-order valence-corrected chi connectivity index (χ1v) is 11.0. The summed E-state index contributed by atoms with van der Waals surface area (Å²) in [4.78, 5) is 8.59. The average Bonchev–Trinajstić information content (AvgIpc) is 3.23. The van der Waals surface area contributed by atoms with Gasteiger partial charge in [0, 0.05) is 43.4 Å². The highest BCUT2D eigenvalue weighted by molar-refractivity contribution is 7.89. The zero-order valence-corrected chi connectivity index (χ0v) is 17.0. The van der Waals surface area contributed by atoms with E-state index >= 15 is 0 Å². The van der Waals surface area contributed by atoms with Crippen molar-refractivity contribution < 1.29 is 17.6 Å². The molecule has 0 amide bonds. The molecule has 1 saturated heterocycles. The minimum absolute atomic E-state index is 0.0679. The summed E-state index contributed by atoms with van der Waals surface area (Å²) < 4.78 is 38.7. The number of nitrogens with zero attached hydrogens (tertiary/aromatic N) is 3. The summed E-state index contributed by atoms with van der Waals surface area (Å²) in [7, 11) is -1.93. The summed E-state index contributed by atoms with van der Waals surface area (Å²) in [5, 5.41) is 0. The number of pyridine rings is 1. The fraction of sp³-hybridized carbons (Fsp3) is 0.333. The number of para-hydroxylation sites is 1. The van der Waals surface area contributed by atoms with Crippen LogP contribution in [0.25, 0.3) is 0 Å². The van der Waals surface area contributed by atoms with Crippen molar-refractivity contribution in [1.82, 2.24) is 14.3 Å². The Morgan fingerprint density at radius 2 is 2.07 bits per heavy atom. The van der Waals surface area contributed by atoms with Crippen LogP contribution in [0.5, 0.6) is 5.75 Å². The molecule has 1 fully saturated rings. The third-order valence-electron chi connectivity index (χ3n) is 5.13. The average molecular weight is 413 g/mol. The Bertz CT molecular complexity index is 1070. The lowest BCUT2D eigenvalue weighted by molar-refractivity contribution is 0.281. The Kier molecular flexibility index (Phi) is 5.64. The molecule has 1 aliphatic heterocycles. The van der Waals surface area contributed by atoms with Gasteiger partial charge in [0.2, 0.25) is 10.0 Å². The number of aromatic nitrogens is 2. The van der Waals surface area contributed by atoms with Crippen LogP contribution in [0.15, 0.2) is 64.3 Å². The number of oxazole rings is 1. The minimum Gasteiger partial charge on any atom is -0.496 e. The maximum Gasteiger partial charge on any atom is 0.244 e. The van der Waals surface area contributed by atoms with Gasteiger partial charge in [-0.2, -0.15) is 4.31 Å². The van der Waals surface area contributed by atoms with Crippen LogP contribution in [-0.2, 0) is 16.4 Å². The van der Waals surface area contributed by atoms with Crippen molar-refractivity contribution in [1.29, 1.82) is 0 Å². The lowest BCUT2D eigenvalue weighted by Crippen LogP contribution is -2.39. The van der Waals surface area contributed by atoms with Crippen LogP contribution < -0.4 is 4.74 Å². The molecule has 3 aromatic rings. The number of hydrogen-bond acceptors (Lipinski definition) is 6. The monoisotopic (exact) mass is 413 g/mol. The molecule has 152 valence electrons. The predicted molar refractivity (Wildman–Crippen MR) is 107 cm³/mol. The minimum atomic E-state index is -3.57. The van der Waals surface area contributed by atoms with Crippen molar-refractivity contribution >= 4 is 10.0 Å². The number of methoxy groups -OCH3 is 1. The number of ether oxygens (including phenoxy) is 1. The van der Waals surface area contributed by atoms with Gasteiger partial charge in [-0.25, -0.2) is 13.4 Å². The van der Waals surface area contributed by atoms with Gasteiger partial charge in [-0.15, -0.1) is 0 Å².